The number of carbonyl (C=O) groups is 1. The van der Waals surface area contributed by atoms with Gasteiger partial charge in [0.15, 0.2) is 0 Å². The maximum absolute atomic E-state index is 13.0. The van der Waals surface area contributed by atoms with E-state index in [-0.39, 0.29) is 5.70 Å². The van der Waals surface area contributed by atoms with Crippen molar-refractivity contribution in [3.63, 3.8) is 0 Å². The third kappa shape index (κ3) is 6.07. The molecule has 0 saturated carbocycles. The van der Waals surface area contributed by atoms with Gasteiger partial charge in [-0.2, -0.15) is 0 Å². The van der Waals surface area contributed by atoms with Crippen LogP contribution < -0.4 is 15.9 Å². The third-order valence-corrected chi connectivity index (χ3v) is 9.84. The van der Waals surface area contributed by atoms with E-state index in [1.165, 1.54) is 12.7 Å². The Balaban J connectivity index is 1.93. The molecule has 0 spiro atoms. The van der Waals surface area contributed by atoms with Gasteiger partial charge in [-0.1, -0.05) is 141 Å². The lowest BCUT2D eigenvalue weighted by Gasteiger charge is -2.27. The SMILES string of the molecule is COC(=O)C(=CC=Cc1ccc(C(C)C)cc1)N=P(c1ccccc1)(c1ccccc1)c1ccccc1. The molecule has 0 saturated heterocycles. The minimum Gasteiger partial charge on any atom is -0.464 e. The van der Waals surface area contributed by atoms with Crippen molar-refractivity contribution in [2.75, 3.05) is 7.11 Å². The summed E-state index contributed by atoms with van der Waals surface area (Å²) in [5.74, 6) is 0.0145. The van der Waals surface area contributed by atoms with E-state index in [0.29, 0.717) is 5.92 Å². The van der Waals surface area contributed by atoms with Crippen LogP contribution in [0.25, 0.3) is 6.08 Å². The number of methoxy groups -OCH3 is 1. The van der Waals surface area contributed by atoms with Gasteiger partial charge in [-0.15, -0.1) is 0 Å². The quantitative estimate of drug-likeness (QED) is 0.111. The van der Waals surface area contributed by atoms with Crippen LogP contribution in [0.1, 0.15) is 30.9 Å². The van der Waals surface area contributed by atoms with Gasteiger partial charge in [0.25, 0.3) is 0 Å². The van der Waals surface area contributed by atoms with Crippen molar-refractivity contribution in [2.45, 2.75) is 19.8 Å². The number of ether oxygens (including phenoxy) is 1. The minimum atomic E-state index is -2.58. The molecule has 0 unspecified atom stereocenters. The van der Waals surface area contributed by atoms with Crippen molar-refractivity contribution in [1.82, 2.24) is 0 Å². The smallest absolute Gasteiger partial charge is 0.356 e. The van der Waals surface area contributed by atoms with Crippen LogP contribution in [0, 0.1) is 0 Å². The molecule has 4 heteroatoms. The summed E-state index contributed by atoms with van der Waals surface area (Å²) in [6.45, 7) is 4.36. The fourth-order valence-electron chi connectivity index (χ4n) is 4.20. The Labute approximate surface area is 220 Å². The Morgan fingerprint density at radius 2 is 1.19 bits per heavy atom. The van der Waals surface area contributed by atoms with Gasteiger partial charge in [-0.05, 0) is 23.1 Å². The van der Waals surface area contributed by atoms with Crippen molar-refractivity contribution in [3.8, 4) is 0 Å². The topological polar surface area (TPSA) is 38.7 Å². The molecule has 0 aliphatic carbocycles. The van der Waals surface area contributed by atoms with E-state index in [9.17, 15) is 4.79 Å². The molecule has 186 valence electrons. The number of hydrogen-bond donors (Lipinski definition) is 0. The highest BCUT2D eigenvalue weighted by Gasteiger charge is 2.28. The Morgan fingerprint density at radius 1 is 0.730 bits per heavy atom. The highest BCUT2D eigenvalue weighted by molar-refractivity contribution is 7.87. The molecule has 0 radical (unpaired) electrons. The van der Waals surface area contributed by atoms with Crippen LogP contribution in [-0.2, 0) is 9.53 Å². The lowest BCUT2D eigenvalue weighted by atomic mass is 10.0. The molecule has 0 aromatic heterocycles. The van der Waals surface area contributed by atoms with E-state index in [2.05, 4.69) is 74.5 Å². The molecule has 0 aliphatic rings. The van der Waals surface area contributed by atoms with E-state index in [0.717, 1.165) is 21.5 Å². The standard InChI is InChI=1S/C33H32NO2P/c1-26(2)28-24-22-27(23-25-28)14-13-21-32(33(35)36-3)34-37(29-15-7-4-8-16-29,30-17-9-5-10-18-30)31-19-11-6-12-20-31/h4-26H,1-3H3. The Morgan fingerprint density at radius 3 is 1.59 bits per heavy atom. The number of hydrogen-bond acceptors (Lipinski definition) is 3. The van der Waals surface area contributed by atoms with Crippen molar-refractivity contribution < 1.29 is 9.53 Å². The second-order valence-corrected chi connectivity index (χ2v) is 12.0. The summed E-state index contributed by atoms with van der Waals surface area (Å²) < 4.78 is 10.5. The van der Waals surface area contributed by atoms with Gasteiger partial charge >= 0.3 is 5.97 Å². The predicted molar refractivity (Wildman–Crippen MR) is 157 cm³/mol. The monoisotopic (exact) mass is 505 g/mol. The molecule has 0 heterocycles. The molecule has 4 rings (SSSR count). The molecule has 4 aromatic rings. The molecule has 4 aromatic carbocycles. The van der Waals surface area contributed by atoms with Crippen LogP contribution in [0.5, 0.6) is 0 Å². The number of carbonyl (C=O) groups excluding carboxylic acids is 1. The molecule has 0 atom stereocenters. The van der Waals surface area contributed by atoms with Gasteiger partial charge in [0.1, 0.15) is 5.70 Å². The second-order valence-electron chi connectivity index (χ2n) is 8.97. The molecule has 0 fully saturated rings. The first-order chi connectivity index (χ1) is 18.0. The van der Waals surface area contributed by atoms with Gasteiger partial charge in [0.2, 0.25) is 0 Å². The lowest BCUT2D eigenvalue weighted by Crippen LogP contribution is -2.26. The van der Waals surface area contributed by atoms with Crippen molar-refractivity contribution in [2.24, 2.45) is 4.74 Å². The first kappa shape index (κ1) is 26.1. The summed E-state index contributed by atoms with van der Waals surface area (Å²) in [6.07, 6.45) is 5.61. The Hall–Kier alpha value is -3.94. The highest BCUT2D eigenvalue weighted by Crippen LogP contribution is 2.47. The fourth-order valence-corrected chi connectivity index (χ4v) is 7.73. The summed E-state index contributed by atoms with van der Waals surface area (Å²) >= 11 is 0. The summed E-state index contributed by atoms with van der Waals surface area (Å²) in [4.78, 5) is 13.0. The minimum absolute atomic E-state index is 0.280. The molecule has 37 heavy (non-hydrogen) atoms. The molecule has 0 N–H and O–H groups in total. The van der Waals surface area contributed by atoms with Crippen LogP contribution >= 0.6 is 7.05 Å². The van der Waals surface area contributed by atoms with Crippen LogP contribution in [0.2, 0.25) is 0 Å². The highest BCUT2D eigenvalue weighted by atomic mass is 31.2. The van der Waals surface area contributed by atoms with E-state index >= 15 is 0 Å². The van der Waals surface area contributed by atoms with Crippen LogP contribution in [0.15, 0.2) is 138 Å². The van der Waals surface area contributed by atoms with E-state index in [1.54, 1.807) is 6.08 Å². The molecular formula is C33H32NO2P. The zero-order valence-corrected chi connectivity index (χ0v) is 22.4. The summed E-state index contributed by atoms with van der Waals surface area (Å²) in [7, 11) is -1.19. The largest absolute Gasteiger partial charge is 0.464 e. The van der Waals surface area contributed by atoms with Crippen molar-refractivity contribution in [1.29, 1.82) is 0 Å². The van der Waals surface area contributed by atoms with Gasteiger partial charge < -0.3 is 4.74 Å². The third-order valence-electron chi connectivity index (χ3n) is 6.19. The second kappa shape index (κ2) is 12.3. The fraction of sp³-hybridized carbons (Fsp3) is 0.121. The maximum atomic E-state index is 13.0. The van der Waals surface area contributed by atoms with E-state index < -0.39 is 13.0 Å². The summed E-state index contributed by atoms with van der Waals surface area (Å²) in [5.41, 5.74) is 2.63. The zero-order valence-electron chi connectivity index (χ0n) is 21.5. The Kier molecular flexibility index (Phi) is 8.72. The number of rotatable bonds is 8. The van der Waals surface area contributed by atoms with Gasteiger partial charge in [0.05, 0.1) is 14.2 Å². The van der Waals surface area contributed by atoms with Crippen LogP contribution in [-0.4, -0.2) is 13.1 Å². The molecule has 3 nitrogen and oxygen atoms in total. The van der Waals surface area contributed by atoms with E-state index in [4.69, 9.17) is 9.48 Å². The average Bonchev–Trinajstić information content (AvgIpc) is 2.96. The Bertz CT molecular complexity index is 1320. The summed E-state index contributed by atoms with van der Waals surface area (Å²) in [6, 6.07) is 39.1. The van der Waals surface area contributed by atoms with Gasteiger partial charge in [-0.25, -0.2) is 9.54 Å². The first-order valence-corrected chi connectivity index (χ1v) is 14.1. The maximum Gasteiger partial charge on any atom is 0.356 e. The predicted octanol–water partition coefficient (Wildman–Crippen LogP) is 7.06. The van der Waals surface area contributed by atoms with Gasteiger partial charge in [-0.3, -0.25) is 0 Å². The lowest BCUT2D eigenvalue weighted by molar-refractivity contribution is -0.136. The number of nitrogens with zero attached hydrogens (tertiary/aromatic N) is 1. The van der Waals surface area contributed by atoms with Gasteiger partial charge in [0, 0.05) is 15.9 Å². The average molecular weight is 506 g/mol. The molecule has 0 amide bonds. The number of allylic oxidation sites excluding steroid dienone is 2. The normalized spacial score (nSPS) is 12.1. The number of benzene rings is 4. The van der Waals surface area contributed by atoms with Crippen LogP contribution in [0.3, 0.4) is 0 Å². The number of esters is 1. The van der Waals surface area contributed by atoms with Crippen molar-refractivity contribution in [3.05, 3.63) is 144 Å². The molecule has 0 aliphatic heterocycles. The molecular weight excluding hydrogens is 473 g/mol. The zero-order chi connectivity index (χ0) is 26.1. The summed E-state index contributed by atoms with van der Waals surface area (Å²) in [5, 5.41) is 3.20. The van der Waals surface area contributed by atoms with Crippen LogP contribution in [0.4, 0.5) is 0 Å². The molecule has 0 bridgehead atoms. The van der Waals surface area contributed by atoms with Crippen molar-refractivity contribution >= 4 is 35.0 Å². The van der Waals surface area contributed by atoms with E-state index in [1.807, 2.05) is 66.7 Å². The first-order valence-electron chi connectivity index (χ1n) is 12.4.